The second kappa shape index (κ2) is 8.12. The Hall–Kier alpha value is -3.07. The van der Waals surface area contributed by atoms with Crippen molar-refractivity contribution in [1.82, 2.24) is 19.9 Å². The molecule has 9 heteroatoms. The number of nitrogens with zero attached hydrogens (tertiary/aromatic N) is 3. The number of hydrogen-bond acceptors (Lipinski definition) is 6. The number of hydrogen-bond donors (Lipinski definition) is 2. The monoisotopic (exact) mass is 411 g/mol. The largest absolute Gasteiger partial charge is 0.342 e. The molecule has 4 heterocycles. The van der Waals surface area contributed by atoms with Crippen LogP contribution in [0.25, 0.3) is 10.2 Å². The van der Waals surface area contributed by atoms with Gasteiger partial charge in [-0.25, -0.2) is 4.98 Å². The number of carbonyl (C=O) groups is 2. The first-order valence-corrected chi connectivity index (χ1v) is 10.4. The van der Waals surface area contributed by atoms with Crippen molar-refractivity contribution in [3.05, 3.63) is 51.1 Å². The highest BCUT2D eigenvalue weighted by Crippen LogP contribution is 2.28. The van der Waals surface area contributed by atoms with Gasteiger partial charge in [0.2, 0.25) is 5.91 Å². The van der Waals surface area contributed by atoms with Crippen LogP contribution in [0.3, 0.4) is 0 Å². The van der Waals surface area contributed by atoms with Gasteiger partial charge in [-0.05, 0) is 37.5 Å². The second-order valence-electron chi connectivity index (χ2n) is 7.00. The van der Waals surface area contributed by atoms with Crippen LogP contribution in [0.5, 0.6) is 0 Å². The van der Waals surface area contributed by atoms with Crippen molar-refractivity contribution in [2.24, 2.45) is 0 Å². The SMILES string of the molecule is Cc1c(C(=O)NCC(=O)Nc2cccnc2)sc2nc3n(c(=O)c12)CCCCC3. The van der Waals surface area contributed by atoms with E-state index in [0.29, 0.717) is 32.9 Å². The van der Waals surface area contributed by atoms with E-state index in [0.717, 1.165) is 31.5 Å². The lowest BCUT2D eigenvalue weighted by Crippen LogP contribution is -2.32. The zero-order chi connectivity index (χ0) is 20.4. The van der Waals surface area contributed by atoms with E-state index in [1.807, 2.05) is 0 Å². The van der Waals surface area contributed by atoms with Crippen LogP contribution in [0, 0.1) is 6.92 Å². The van der Waals surface area contributed by atoms with Crippen molar-refractivity contribution in [2.45, 2.75) is 39.2 Å². The molecular formula is C20H21N5O3S. The average molecular weight is 411 g/mol. The molecular weight excluding hydrogens is 390 g/mol. The van der Waals surface area contributed by atoms with Crippen LogP contribution < -0.4 is 16.2 Å². The van der Waals surface area contributed by atoms with Gasteiger partial charge in [0, 0.05) is 19.2 Å². The number of aryl methyl sites for hydroxylation is 2. The Labute approximate surface area is 171 Å². The number of fused-ring (bicyclic) bond motifs is 2. The molecule has 0 aromatic carbocycles. The summed E-state index contributed by atoms with van der Waals surface area (Å²) in [5.41, 5.74) is 1.10. The minimum absolute atomic E-state index is 0.0750. The highest BCUT2D eigenvalue weighted by atomic mass is 32.1. The van der Waals surface area contributed by atoms with Crippen molar-refractivity contribution in [1.29, 1.82) is 0 Å². The number of aromatic nitrogens is 3. The normalized spacial score (nSPS) is 13.6. The maximum atomic E-state index is 13.0. The van der Waals surface area contributed by atoms with Crippen LogP contribution in [0.15, 0.2) is 29.3 Å². The van der Waals surface area contributed by atoms with E-state index in [9.17, 15) is 14.4 Å². The third-order valence-corrected chi connectivity index (χ3v) is 6.16. The standard InChI is InChI=1S/C20H21N5O3S/c1-12-16-19(24-14-7-3-2-4-9-25(14)20(16)28)29-17(12)18(27)22-11-15(26)23-13-6-5-8-21-10-13/h5-6,8,10H,2-4,7,9,11H2,1H3,(H,22,27)(H,23,26). The molecule has 0 saturated carbocycles. The fraction of sp³-hybridized carbons (Fsp3) is 0.350. The molecule has 2 amide bonds. The first-order valence-electron chi connectivity index (χ1n) is 9.55. The van der Waals surface area contributed by atoms with Gasteiger partial charge >= 0.3 is 0 Å². The fourth-order valence-corrected chi connectivity index (χ4v) is 4.62. The van der Waals surface area contributed by atoms with Gasteiger partial charge in [-0.15, -0.1) is 11.3 Å². The van der Waals surface area contributed by atoms with Gasteiger partial charge in [-0.2, -0.15) is 0 Å². The molecule has 150 valence electrons. The van der Waals surface area contributed by atoms with Crippen molar-refractivity contribution in [3.63, 3.8) is 0 Å². The summed E-state index contributed by atoms with van der Waals surface area (Å²) in [6.07, 6.45) is 6.98. The molecule has 0 spiro atoms. The van der Waals surface area contributed by atoms with Crippen molar-refractivity contribution in [3.8, 4) is 0 Å². The van der Waals surface area contributed by atoms with Gasteiger partial charge in [0.25, 0.3) is 11.5 Å². The number of nitrogens with one attached hydrogen (secondary N) is 2. The Bertz CT molecular complexity index is 1140. The number of amides is 2. The van der Waals surface area contributed by atoms with E-state index in [4.69, 9.17) is 0 Å². The predicted molar refractivity (Wildman–Crippen MR) is 111 cm³/mol. The number of rotatable bonds is 4. The molecule has 1 aliphatic rings. The number of carbonyl (C=O) groups excluding carboxylic acids is 2. The lowest BCUT2D eigenvalue weighted by molar-refractivity contribution is -0.115. The topological polar surface area (TPSA) is 106 Å². The molecule has 0 fully saturated rings. The lowest BCUT2D eigenvalue weighted by atomic mass is 10.2. The van der Waals surface area contributed by atoms with Gasteiger partial charge in [0.15, 0.2) is 0 Å². The zero-order valence-electron chi connectivity index (χ0n) is 16.0. The summed E-state index contributed by atoms with van der Waals surface area (Å²) in [6.45, 7) is 2.25. The van der Waals surface area contributed by atoms with E-state index in [1.165, 1.54) is 17.5 Å². The number of pyridine rings is 1. The summed E-state index contributed by atoms with van der Waals surface area (Å²) in [7, 11) is 0. The van der Waals surface area contributed by atoms with Crippen LogP contribution in [0.4, 0.5) is 5.69 Å². The van der Waals surface area contributed by atoms with Gasteiger partial charge in [0.05, 0.1) is 28.7 Å². The first kappa shape index (κ1) is 19.3. The highest BCUT2D eigenvalue weighted by molar-refractivity contribution is 7.20. The molecule has 2 N–H and O–H groups in total. The Morgan fingerprint density at radius 2 is 2.14 bits per heavy atom. The third-order valence-electron chi connectivity index (χ3n) is 4.97. The van der Waals surface area contributed by atoms with Gasteiger partial charge in [0.1, 0.15) is 10.7 Å². The molecule has 0 saturated heterocycles. The van der Waals surface area contributed by atoms with Crippen molar-refractivity contribution < 1.29 is 9.59 Å². The molecule has 0 radical (unpaired) electrons. The van der Waals surface area contributed by atoms with Crippen LogP contribution >= 0.6 is 11.3 Å². The quantitative estimate of drug-likeness (QED) is 0.685. The summed E-state index contributed by atoms with van der Waals surface area (Å²) in [6, 6.07) is 3.42. The molecule has 0 bridgehead atoms. The number of anilines is 1. The molecule has 0 aliphatic carbocycles. The van der Waals surface area contributed by atoms with Gasteiger partial charge < -0.3 is 10.6 Å². The van der Waals surface area contributed by atoms with E-state index in [2.05, 4.69) is 20.6 Å². The van der Waals surface area contributed by atoms with Crippen molar-refractivity contribution in [2.75, 3.05) is 11.9 Å². The first-order chi connectivity index (χ1) is 14.0. The molecule has 4 rings (SSSR count). The van der Waals surface area contributed by atoms with E-state index in [-0.39, 0.29) is 23.9 Å². The van der Waals surface area contributed by atoms with Crippen LogP contribution in [0.1, 0.15) is 40.3 Å². The maximum absolute atomic E-state index is 13.0. The lowest BCUT2D eigenvalue weighted by Gasteiger charge is -2.08. The maximum Gasteiger partial charge on any atom is 0.262 e. The summed E-state index contributed by atoms with van der Waals surface area (Å²) < 4.78 is 1.75. The summed E-state index contributed by atoms with van der Waals surface area (Å²) in [5, 5.41) is 5.79. The molecule has 3 aromatic rings. The van der Waals surface area contributed by atoms with E-state index < -0.39 is 0 Å². The fourth-order valence-electron chi connectivity index (χ4n) is 3.51. The van der Waals surface area contributed by atoms with Crippen LogP contribution in [-0.4, -0.2) is 32.9 Å². The molecule has 1 aliphatic heterocycles. The average Bonchev–Trinajstić information content (AvgIpc) is 2.88. The minimum atomic E-state index is -0.383. The zero-order valence-corrected chi connectivity index (χ0v) is 16.8. The predicted octanol–water partition coefficient (Wildman–Crippen LogP) is 2.26. The molecule has 29 heavy (non-hydrogen) atoms. The molecule has 3 aromatic heterocycles. The summed E-state index contributed by atoms with van der Waals surface area (Å²) >= 11 is 1.20. The van der Waals surface area contributed by atoms with Crippen LogP contribution in [0.2, 0.25) is 0 Å². The highest BCUT2D eigenvalue weighted by Gasteiger charge is 2.22. The molecule has 0 unspecified atom stereocenters. The van der Waals surface area contributed by atoms with Crippen molar-refractivity contribution >= 4 is 39.1 Å². The third kappa shape index (κ3) is 3.91. The van der Waals surface area contributed by atoms with E-state index in [1.54, 1.807) is 29.8 Å². The Morgan fingerprint density at radius 3 is 2.93 bits per heavy atom. The van der Waals surface area contributed by atoms with Crippen LogP contribution in [-0.2, 0) is 17.8 Å². The smallest absolute Gasteiger partial charge is 0.262 e. The Kier molecular flexibility index (Phi) is 5.39. The Balaban J connectivity index is 1.53. The van der Waals surface area contributed by atoms with Gasteiger partial charge in [-0.3, -0.25) is 23.9 Å². The Morgan fingerprint density at radius 1 is 1.28 bits per heavy atom. The minimum Gasteiger partial charge on any atom is -0.342 e. The second-order valence-corrected chi connectivity index (χ2v) is 8.00. The summed E-state index contributed by atoms with van der Waals surface area (Å²) in [4.78, 5) is 47.3. The molecule has 0 atom stereocenters. The summed E-state index contributed by atoms with van der Waals surface area (Å²) in [5.74, 6) is 0.0607. The van der Waals surface area contributed by atoms with E-state index >= 15 is 0 Å². The van der Waals surface area contributed by atoms with Gasteiger partial charge in [-0.1, -0.05) is 6.42 Å². The molecule has 8 nitrogen and oxygen atoms in total. The number of thiophene rings is 1.